The van der Waals surface area contributed by atoms with Crippen LogP contribution in [0.2, 0.25) is 0 Å². The largest absolute Gasteiger partial charge is 0.337 e. The van der Waals surface area contributed by atoms with E-state index in [4.69, 9.17) is 0 Å². The highest BCUT2D eigenvalue weighted by Gasteiger charge is 2.53. The van der Waals surface area contributed by atoms with Gasteiger partial charge in [-0.05, 0) is 48.8 Å². The average molecular weight is 376 g/mol. The number of tetrazole rings is 1. The first-order valence-electron chi connectivity index (χ1n) is 8.37. The van der Waals surface area contributed by atoms with Gasteiger partial charge in [-0.1, -0.05) is 0 Å². The minimum atomic E-state index is -3.16. The molecule has 2 aliphatic heterocycles. The average Bonchev–Trinajstić information content (AvgIpc) is 3.32. The first kappa shape index (κ1) is 17.1. The number of carbonyl (C=O) groups is 1. The van der Waals surface area contributed by atoms with Crippen molar-refractivity contribution < 1.29 is 13.2 Å². The van der Waals surface area contributed by atoms with Gasteiger partial charge in [-0.25, -0.2) is 13.1 Å². The molecule has 1 aromatic carbocycles. The fraction of sp³-hybridized carbons (Fsp3) is 0.500. The van der Waals surface area contributed by atoms with E-state index in [2.05, 4.69) is 15.5 Å². The van der Waals surface area contributed by atoms with Crippen LogP contribution < -0.4 is 0 Å². The van der Waals surface area contributed by atoms with Gasteiger partial charge in [-0.15, -0.1) is 5.10 Å². The molecule has 0 bridgehead atoms. The number of hydrogen-bond acceptors (Lipinski definition) is 7. The molecule has 26 heavy (non-hydrogen) atoms. The van der Waals surface area contributed by atoms with Gasteiger partial charge in [0.2, 0.25) is 0 Å². The van der Waals surface area contributed by atoms with Crippen molar-refractivity contribution in [1.29, 1.82) is 0 Å². The van der Waals surface area contributed by atoms with Gasteiger partial charge in [0.1, 0.15) is 6.33 Å². The maximum Gasteiger partial charge on any atom is 0.253 e. The fourth-order valence-corrected chi connectivity index (χ4v) is 6.43. The zero-order valence-electron chi connectivity index (χ0n) is 14.6. The van der Waals surface area contributed by atoms with Crippen molar-refractivity contribution in [3.05, 3.63) is 36.2 Å². The molecule has 4 rings (SSSR count). The second-order valence-electron chi connectivity index (χ2n) is 7.07. The fourth-order valence-electron chi connectivity index (χ4n) is 3.95. The summed E-state index contributed by atoms with van der Waals surface area (Å²) >= 11 is 0. The van der Waals surface area contributed by atoms with Crippen molar-refractivity contribution >= 4 is 15.7 Å². The summed E-state index contributed by atoms with van der Waals surface area (Å²) in [5, 5.41) is 10.5. The van der Waals surface area contributed by atoms with Crippen molar-refractivity contribution in [2.24, 2.45) is 5.92 Å². The molecule has 138 valence electrons. The van der Waals surface area contributed by atoms with Crippen LogP contribution >= 0.6 is 0 Å². The third-order valence-corrected chi connectivity index (χ3v) is 7.57. The lowest BCUT2D eigenvalue weighted by atomic mass is 10.00. The molecule has 2 fully saturated rings. The monoisotopic (exact) mass is 376 g/mol. The lowest BCUT2D eigenvalue weighted by molar-refractivity contribution is 0.0779. The number of benzene rings is 1. The Kier molecular flexibility index (Phi) is 4.03. The molecular formula is C16H20N6O3S. The Bertz CT molecular complexity index is 910. The number of nitrogens with zero attached hydrogens (tertiary/aromatic N) is 6. The van der Waals surface area contributed by atoms with Crippen molar-refractivity contribution in [2.75, 3.05) is 32.9 Å². The van der Waals surface area contributed by atoms with Crippen LogP contribution in [0.3, 0.4) is 0 Å². The minimum absolute atomic E-state index is 0.0283. The highest BCUT2D eigenvalue weighted by Crippen LogP contribution is 2.36. The quantitative estimate of drug-likeness (QED) is 0.709. The maximum atomic E-state index is 12.8. The van der Waals surface area contributed by atoms with E-state index in [1.807, 2.05) is 19.0 Å². The number of fused-ring (bicyclic) bond motifs is 1. The molecule has 0 N–H and O–H groups in total. The van der Waals surface area contributed by atoms with Crippen LogP contribution in [0.25, 0.3) is 5.69 Å². The summed E-state index contributed by atoms with van der Waals surface area (Å²) in [6.45, 7) is 0.741. The van der Waals surface area contributed by atoms with Crippen molar-refractivity contribution in [1.82, 2.24) is 30.0 Å². The van der Waals surface area contributed by atoms with Gasteiger partial charge >= 0.3 is 0 Å². The molecule has 2 saturated heterocycles. The number of hydrogen-bond donors (Lipinski definition) is 0. The summed E-state index contributed by atoms with van der Waals surface area (Å²) < 4.78 is 26.4. The molecule has 0 radical (unpaired) electrons. The smallest absolute Gasteiger partial charge is 0.253 e. The molecule has 0 aliphatic carbocycles. The lowest BCUT2D eigenvalue weighted by Gasteiger charge is -2.25. The molecule has 9 nitrogen and oxygen atoms in total. The Hall–Kier alpha value is -2.33. The molecule has 0 unspecified atom stereocenters. The van der Waals surface area contributed by atoms with E-state index in [1.54, 1.807) is 29.2 Å². The Balaban J connectivity index is 1.53. The number of aromatic nitrogens is 4. The van der Waals surface area contributed by atoms with Gasteiger partial charge in [-0.2, -0.15) is 0 Å². The lowest BCUT2D eigenvalue weighted by Crippen LogP contribution is -2.38. The summed E-state index contributed by atoms with van der Waals surface area (Å²) in [6.07, 6.45) is 1.48. The van der Waals surface area contributed by atoms with Crippen LogP contribution in [-0.4, -0.2) is 88.6 Å². The van der Waals surface area contributed by atoms with E-state index in [1.165, 1.54) is 11.0 Å². The van der Waals surface area contributed by atoms with Crippen LogP contribution in [-0.2, 0) is 9.84 Å². The molecule has 1 amide bonds. The molecule has 2 aliphatic rings. The predicted octanol–water partition coefficient (Wildman–Crippen LogP) is -0.538. The molecule has 1 aromatic heterocycles. The number of carbonyl (C=O) groups excluding carboxylic acids is 1. The van der Waals surface area contributed by atoms with E-state index in [0.717, 1.165) is 5.69 Å². The molecule has 0 saturated carbocycles. The number of amides is 1. The van der Waals surface area contributed by atoms with Gasteiger partial charge in [0.05, 0.1) is 16.7 Å². The van der Waals surface area contributed by atoms with Crippen LogP contribution in [0.15, 0.2) is 30.6 Å². The van der Waals surface area contributed by atoms with E-state index < -0.39 is 15.1 Å². The van der Waals surface area contributed by atoms with Gasteiger partial charge in [0, 0.05) is 30.6 Å². The highest BCUT2D eigenvalue weighted by molar-refractivity contribution is 7.92. The van der Waals surface area contributed by atoms with Gasteiger partial charge in [0.15, 0.2) is 9.84 Å². The molecule has 0 spiro atoms. The Labute approximate surface area is 151 Å². The van der Waals surface area contributed by atoms with Crippen LogP contribution in [0.1, 0.15) is 10.4 Å². The van der Waals surface area contributed by atoms with Crippen LogP contribution in [0, 0.1) is 5.92 Å². The van der Waals surface area contributed by atoms with Gasteiger partial charge in [-0.3, -0.25) is 4.79 Å². The molecule has 10 heteroatoms. The zero-order valence-corrected chi connectivity index (χ0v) is 15.4. The third kappa shape index (κ3) is 2.78. The summed E-state index contributed by atoms with van der Waals surface area (Å²) in [4.78, 5) is 16.5. The zero-order chi connectivity index (χ0) is 18.5. The van der Waals surface area contributed by atoms with Crippen LogP contribution in [0.5, 0.6) is 0 Å². The second kappa shape index (κ2) is 6.13. The predicted molar refractivity (Wildman–Crippen MR) is 93.6 cm³/mol. The second-order valence-corrected chi connectivity index (χ2v) is 9.34. The van der Waals surface area contributed by atoms with Crippen molar-refractivity contribution in [3.63, 3.8) is 0 Å². The summed E-state index contributed by atoms with van der Waals surface area (Å²) in [7, 11) is 0.623. The SMILES string of the molecule is CN(C)[C@H]1CS(=O)(=O)[C@H]2CN(C(=O)c3ccc(-n4cnnn4)cc3)C[C@@H]12. The van der Waals surface area contributed by atoms with E-state index >= 15 is 0 Å². The minimum Gasteiger partial charge on any atom is -0.337 e. The summed E-state index contributed by atoms with van der Waals surface area (Å²) in [5.74, 6) is 0.00711. The highest BCUT2D eigenvalue weighted by atomic mass is 32.2. The Morgan fingerprint density at radius 3 is 2.54 bits per heavy atom. The maximum absolute atomic E-state index is 12.8. The molecule has 3 atom stereocenters. The van der Waals surface area contributed by atoms with Crippen LogP contribution in [0.4, 0.5) is 0 Å². The summed E-state index contributed by atoms with van der Waals surface area (Å²) in [5.41, 5.74) is 1.28. The van der Waals surface area contributed by atoms with Gasteiger partial charge < -0.3 is 9.80 Å². The summed E-state index contributed by atoms with van der Waals surface area (Å²) in [6, 6.07) is 6.92. The number of likely N-dealkylation sites (tertiary alicyclic amines) is 1. The van der Waals surface area contributed by atoms with E-state index in [0.29, 0.717) is 12.1 Å². The molecule has 2 aromatic rings. The van der Waals surface area contributed by atoms with Gasteiger partial charge in [0.25, 0.3) is 5.91 Å². The first-order valence-corrected chi connectivity index (χ1v) is 10.1. The van der Waals surface area contributed by atoms with Crippen molar-refractivity contribution in [2.45, 2.75) is 11.3 Å². The third-order valence-electron chi connectivity index (χ3n) is 5.35. The normalized spacial score (nSPS) is 27.0. The van der Waals surface area contributed by atoms with Crippen molar-refractivity contribution in [3.8, 4) is 5.69 Å². The number of rotatable bonds is 3. The first-order chi connectivity index (χ1) is 12.4. The Morgan fingerprint density at radius 1 is 1.19 bits per heavy atom. The Morgan fingerprint density at radius 2 is 1.92 bits per heavy atom. The van der Waals surface area contributed by atoms with E-state index in [9.17, 15) is 13.2 Å². The molecule has 3 heterocycles. The van der Waals surface area contributed by atoms with E-state index in [-0.39, 0.29) is 30.2 Å². The standard InChI is InChI=1S/C16H20N6O3S/c1-20(2)14-9-26(24,25)15-8-21(7-13(14)15)16(23)11-3-5-12(6-4-11)22-10-17-18-19-22/h3-6,10,13-15H,7-9H2,1-2H3/t13-,14-,15-/m0/s1. The number of sulfone groups is 1. The molecular weight excluding hydrogens is 356 g/mol. The topological polar surface area (TPSA) is 101 Å².